The van der Waals surface area contributed by atoms with Crippen LogP contribution in [0.3, 0.4) is 0 Å². The maximum absolute atomic E-state index is 10.8. The average molecular weight is 245 g/mol. The third kappa shape index (κ3) is 6.25. The Hall–Kier alpha value is 0.0400. The molecule has 0 spiro atoms. The molecule has 4 heteroatoms. The SMILES string of the molecule is CCCCCCCCSC1=NC(=O)CS1. The molecule has 0 atom stereocenters. The second-order valence-electron chi connectivity index (χ2n) is 3.68. The number of hydrogen-bond donors (Lipinski definition) is 0. The van der Waals surface area contributed by atoms with E-state index in [9.17, 15) is 4.79 Å². The summed E-state index contributed by atoms with van der Waals surface area (Å²) in [7, 11) is 0. The third-order valence-corrected chi connectivity index (χ3v) is 4.53. The van der Waals surface area contributed by atoms with E-state index in [4.69, 9.17) is 0 Å². The lowest BCUT2D eigenvalue weighted by atomic mass is 10.1. The fourth-order valence-corrected chi connectivity index (χ4v) is 3.33. The Balaban J connectivity index is 1.89. The fraction of sp³-hybridized carbons (Fsp3) is 0.818. The van der Waals surface area contributed by atoms with Crippen LogP contribution >= 0.6 is 23.5 Å². The standard InChI is InChI=1S/C11H19NOS2/c1-2-3-4-5-6-7-8-14-11-12-10(13)9-15-11/h2-9H2,1H3. The van der Waals surface area contributed by atoms with Gasteiger partial charge >= 0.3 is 0 Å². The Labute approximate surface area is 101 Å². The van der Waals surface area contributed by atoms with E-state index < -0.39 is 0 Å². The van der Waals surface area contributed by atoms with Crippen molar-refractivity contribution in [1.29, 1.82) is 0 Å². The van der Waals surface area contributed by atoms with Crippen molar-refractivity contribution in [1.82, 2.24) is 0 Å². The smallest absolute Gasteiger partial charge is 0.257 e. The Morgan fingerprint density at radius 1 is 1.27 bits per heavy atom. The first-order chi connectivity index (χ1) is 7.33. The molecule has 0 unspecified atom stereocenters. The van der Waals surface area contributed by atoms with Crippen molar-refractivity contribution in [2.24, 2.45) is 4.99 Å². The molecule has 0 aromatic heterocycles. The van der Waals surface area contributed by atoms with Crippen molar-refractivity contribution in [2.45, 2.75) is 45.4 Å². The van der Waals surface area contributed by atoms with E-state index >= 15 is 0 Å². The molecule has 1 amide bonds. The minimum absolute atomic E-state index is 0.0328. The van der Waals surface area contributed by atoms with Crippen LogP contribution in [0, 0.1) is 0 Å². The number of rotatable bonds is 7. The molecule has 0 fully saturated rings. The molecule has 15 heavy (non-hydrogen) atoms. The monoisotopic (exact) mass is 245 g/mol. The van der Waals surface area contributed by atoms with E-state index in [-0.39, 0.29) is 5.91 Å². The second-order valence-corrected chi connectivity index (χ2v) is 5.98. The van der Waals surface area contributed by atoms with Gasteiger partial charge < -0.3 is 0 Å². The summed E-state index contributed by atoms with van der Waals surface area (Å²) in [5.74, 6) is 1.70. The number of carbonyl (C=O) groups is 1. The molecule has 1 aliphatic heterocycles. The Morgan fingerprint density at radius 3 is 2.67 bits per heavy atom. The zero-order chi connectivity index (χ0) is 10.9. The zero-order valence-corrected chi connectivity index (χ0v) is 11.0. The minimum Gasteiger partial charge on any atom is -0.272 e. The number of amides is 1. The predicted octanol–water partition coefficient (Wildman–Crippen LogP) is 3.71. The van der Waals surface area contributed by atoms with E-state index in [1.54, 1.807) is 23.5 Å². The summed E-state index contributed by atoms with van der Waals surface area (Å²) >= 11 is 3.33. The summed E-state index contributed by atoms with van der Waals surface area (Å²) in [4.78, 5) is 14.8. The van der Waals surface area contributed by atoms with E-state index in [1.165, 1.54) is 38.5 Å². The van der Waals surface area contributed by atoms with Gasteiger partial charge in [-0.3, -0.25) is 4.79 Å². The first-order valence-corrected chi connectivity index (χ1v) is 7.67. The van der Waals surface area contributed by atoms with E-state index in [1.807, 2.05) is 0 Å². The van der Waals surface area contributed by atoms with Gasteiger partial charge in [0.15, 0.2) is 0 Å². The predicted molar refractivity (Wildman–Crippen MR) is 70.7 cm³/mol. The van der Waals surface area contributed by atoms with E-state index in [2.05, 4.69) is 11.9 Å². The number of carbonyl (C=O) groups excluding carboxylic acids is 1. The van der Waals surface area contributed by atoms with Crippen LogP contribution in [0.15, 0.2) is 4.99 Å². The summed E-state index contributed by atoms with van der Waals surface area (Å²) in [6.45, 7) is 2.24. The third-order valence-electron chi connectivity index (χ3n) is 2.26. The van der Waals surface area contributed by atoms with Gasteiger partial charge in [0, 0.05) is 5.75 Å². The maximum Gasteiger partial charge on any atom is 0.257 e. The highest BCUT2D eigenvalue weighted by atomic mass is 32.2. The molecule has 0 aromatic carbocycles. The Kier molecular flexibility index (Phi) is 7.18. The summed E-state index contributed by atoms with van der Waals surface area (Å²) in [6, 6.07) is 0. The number of thioether (sulfide) groups is 2. The molecule has 86 valence electrons. The second kappa shape index (κ2) is 8.22. The van der Waals surface area contributed by atoms with Gasteiger partial charge in [0.2, 0.25) is 0 Å². The molecule has 1 heterocycles. The van der Waals surface area contributed by atoms with Crippen molar-refractivity contribution < 1.29 is 4.79 Å². The highest BCUT2D eigenvalue weighted by Gasteiger charge is 2.14. The van der Waals surface area contributed by atoms with Gasteiger partial charge in [-0.05, 0) is 6.42 Å². The summed E-state index contributed by atoms with van der Waals surface area (Å²) in [5.41, 5.74) is 0. The first-order valence-electron chi connectivity index (χ1n) is 5.70. The molecule has 0 bridgehead atoms. The van der Waals surface area contributed by atoms with E-state index in [0.29, 0.717) is 5.75 Å². The van der Waals surface area contributed by atoms with Crippen molar-refractivity contribution in [3.05, 3.63) is 0 Å². The lowest BCUT2D eigenvalue weighted by Crippen LogP contribution is -1.87. The molecular weight excluding hydrogens is 226 g/mol. The van der Waals surface area contributed by atoms with Gasteiger partial charge in [-0.25, -0.2) is 0 Å². The molecule has 0 saturated carbocycles. The fourth-order valence-electron chi connectivity index (χ4n) is 1.41. The number of unbranched alkanes of at least 4 members (excludes halogenated alkanes) is 5. The quantitative estimate of drug-likeness (QED) is 0.640. The van der Waals surface area contributed by atoms with Crippen LogP contribution in [0.5, 0.6) is 0 Å². The summed E-state index contributed by atoms with van der Waals surface area (Å²) < 4.78 is 0.980. The Morgan fingerprint density at radius 2 is 2.00 bits per heavy atom. The highest BCUT2D eigenvalue weighted by Crippen LogP contribution is 2.23. The highest BCUT2D eigenvalue weighted by molar-refractivity contribution is 8.39. The van der Waals surface area contributed by atoms with Crippen molar-refractivity contribution in [3.63, 3.8) is 0 Å². The largest absolute Gasteiger partial charge is 0.272 e. The van der Waals surface area contributed by atoms with Crippen LogP contribution in [0.4, 0.5) is 0 Å². The molecular formula is C11H19NOS2. The molecule has 0 radical (unpaired) electrons. The molecule has 0 aromatic rings. The topological polar surface area (TPSA) is 29.4 Å². The average Bonchev–Trinajstić information content (AvgIpc) is 2.63. The van der Waals surface area contributed by atoms with Crippen LogP contribution in [0.25, 0.3) is 0 Å². The molecule has 0 aliphatic carbocycles. The number of aliphatic imine (C=N–C) groups is 1. The van der Waals surface area contributed by atoms with Crippen LogP contribution in [-0.2, 0) is 4.79 Å². The molecule has 1 aliphatic rings. The van der Waals surface area contributed by atoms with Gasteiger partial charge in [0.1, 0.15) is 4.38 Å². The Bertz CT molecular complexity index is 229. The maximum atomic E-state index is 10.8. The molecule has 0 N–H and O–H groups in total. The van der Waals surface area contributed by atoms with Crippen LogP contribution in [-0.4, -0.2) is 21.8 Å². The van der Waals surface area contributed by atoms with Gasteiger partial charge in [0.05, 0.1) is 5.75 Å². The van der Waals surface area contributed by atoms with E-state index in [0.717, 1.165) is 10.1 Å². The van der Waals surface area contributed by atoms with Crippen LogP contribution in [0.2, 0.25) is 0 Å². The number of nitrogens with zero attached hydrogens (tertiary/aromatic N) is 1. The summed E-state index contributed by atoms with van der Waals surface area (Å²) in [5, 5.41) is 0. The number of hydrogen-bond acceptors (Lipinski definition) is 3. The molecule has 0 saturated heterocycles. The van der Waals surface area contributed by atoms with Gasteiger partial charge in [-0.2, -0.15) is 4.99 Å². The lowest BCUT2D eigenvalue weighted by molar-refractivity contribution is -0.115. The van der Waals surface area contributed by atoms with Crippen LogP contribution in [0.1, 0.15) is 45.4 Å². The first kappa shape index (κ1) is 13.1. The zero-order valence-electron chi connectivity index (χ0n) is 9.33. The lowest BCUT2D eigenvalue weighted by Gasteiger charge is -2.00. The van der Waals surface area contributed by atoms with Crippen LogP contribution < -0.4 is 0 Å². The molecule has 2 nitrogen and oxygen atoms in total. The molecule has 1 rings (SSSR count). The van der Waals surface area contributed by atoms with Crippen molar-refractivity contribution in [3.8, 4) is 0 Å². The van der Waals surface area contributed by atoms with Gasteiger partial charge in [0.25, 0.3) is 5.91 Å². The summed E-state index contributed by atoms with van der Waals surface area (Å²) in [6.07, 6.45) is 7.97. The van der Waals surface area contributed by atoms with Crippen molar-refractivity contribution >= 4 is 33.8 Å². The van der Waals surface area contributed by atoms with Gasteiger partial charge in [-0.15, -0.1) is 0 Å². The van der Waals surface area contributed by atoms with Gasteiger partial charge in [-0.1, -0.05) is 62.6 Å². The minimum atomic E-state index is 0.0328. The normalized spacial score (nSPS) is 15.8. The van der Waals surface area contributed by atoms with Crippen molar-refractivity contribution in [2.75, 3.05) is 11.5 Å².